The summed E-state index contributed by atoms with van der Waals surface area (Å²) in [7, 11) is 0. The summed E-state index contributed by atoms with van der Waals surface area (Å²) in [5.41, 5.74) is -1.27. The minimum atomic E-state index is -1.27. The molecule has 1 atom stereocenters. The molecule has 3 nitrogen and oxygen atoms in total. The molecule has 0 aliphatic heterocycles. The summed E-state index contributed by atoms with van der Waals surface area (Å²) in [6.07, 6.45) is 0.914. The van der Waals surface area contributed by atoms with Crippen molar-refractivity contribution in [2.24, 2.45) is 0 Å². The standard InChI is InChI=1S/C6H10O3/c1-3-6(2,9)4-5(7)8/h3,9H,1,4H2,2H3,(H,7,8). The van der Waals surface area contributed by atoms with E-state index in [-0.39, 0.29) is 6.42 Å². The van der Waals surface area contributed by atoms with Crippen LogP contribution >= 0.6 is 0 Å². The first-order chi connectivity index (χ1) is 3.98. The molecule has 9 heavy (non-hydrogen) atoms. The molecule has 0 saturated heterocycles. The first kappa shape index (κ1) is 8.17. The van der Waals surface area contributed by atoms with E-state index in [1.165, 1.54) is 13.0 Å². The van der Waals surface area contributed by atoms with Gasteiger partial charge in [0.1, 0.15) is 0 Å². The molecule has 2 N–H and O–H groups in total. The normalized spacial score (nSPS) is 16.2. The fourth-order valence-corrected chi connectivity index (χ4v) is 0.378. The number of aliphatic hydroxyl groups is 1. The van der Waals surface area contributed by atoms with Crippen LogP contribution in [0.4, 0.5) is 0 Å². The van der Waals surface area contributed by atoms with E-state index < -0.39 is 11.6 Å². The number of aliphatic carboxylic acids is 1. The molecule has 0 aromatic heterocycles. The molecule has 0 spiro atoms. The lowest BCUT2D eigenvalue weighted by molar-refractivity contribution is -0.140. The molecular formula is C6H10O3. The quantitative estimate of drug-likeness (QED) is 0.543. The van der Waals surface area contributed by atoms with Gasteiger partial charge in [-0.2, -0.15) is 0 Å². The highest BCUT2D eigenvalue weighted by Gasteiger charge is 2.18. The van der Waals surface area contributed by atoms with Gasteiger partial charge >= 0.3 is 5.97 Å². The molecule has 0 saturated carbocycles. The third-order valence-corrected chi connectivity index (χ3v) is 0.949. The SMILES string of the molecule is C=CC(C)(O)CC(=O)O. The van der Waals surface area contributed by atoms with Gasteiger partial charge in [0.15, 0.2) is 0 Å². The largest absolute Gasteiger partial charge is 0.481 e. The molecule has 0 aromatic rings. The van der Waals surface area contributed by atoms with E-state index in [1.807, 2.05) is 0 Å². The topological polar surface area (TPSA) is 57.5 Å². The molecule has 52 valence electrons. The minimum Gasteiger partial charge on any atom is -0.481 e. The van der Waals surface area contributed by atoms with Crippen molar-refractivity contribution < 1.29 is 15.0 Å². The zero-order valence-electron chi connectivity index (χ0n) is 5.29. The Morgan fingerprint density at radius 3 is 2.44 bits per heavy atom. The van der Waals surface area contributed by atoms with Crippen LogP contribution in [0.2, 0.25) is 0 Å². The number of carbonyl (C=O) groups is 1. The van der Waals surface area contributed by atoms with Gasteiger partial charge in [0.2, 0.25) is 0 Å². The summed E-state index contributed by atoms with van der Waals surface area (Å²) >= 11 is 0. The Balaban J connectivity index is 3.86. The lowest BCUT2D eigenvalue weighted by Crippen LogP contribution is -2.24. The molecule has 0 amide bonds. The molecule has 0 rings (SSSR count). The van der Waals surface area contributed by atoms with Crippen molar-refractivity contribution in [2.45, 2.75) is 18.9 Å². The van der Waals surface area contributed by atoms with Crippen molar-refractivity contribution in [3.8, 4) is 0 Å². The number of hydrogen-bond donors (Lipinski definition) is 2. The van der Waals surface area contributed by atoms with Gasteiger partial charge in [0.05, 0.1) is 12.0 Å². The second kappa shape index (κ2) is 2.64. The van der Waals surface area contributed by atoms with E-state index in [0.29, 0.717) is 0 Å². The average Bonchev–Trinajstić information content (AvgIpc) is 1.63. The van der Waals surface area contributed by atoms with E-state index in [1.54, 1.807) is 0 Å². The van der Waals surface area contributed by atoms with Crippen LogP contribution in [0.5, 0.6) is 0 Å². The van der Waals surface area contributed by atoms with E-state index >= 15 is 0 Å². The van der Waals surface area contributed by atoms with Crippen molar-refractivity contribution in [3.63, 3.8) is 0 Å². The highest BCUT2D eigenvalue weighted by molar-refractivity contribution is 5.68. The van der Waals surface area contributed by atoms with Crippen LogP contribution in [0.25, 0.3) is 0 Å². The van der Waals surface area contributed by atoms with E-state index in [9.17, 15) is 4.79 Å². The fourth-order valence-electron chi connectivity index (χ4n) is 0.378. The second-order valence-electron chi connectivity index (χ2n) is 2.13. The molecule has 1 unspecified atom stereocenters. The third-order valence-electron chi connectivity index (χ3n) is 0.949. The third kappa shape index (κ3) is 3.73. The predicted octanol–water partition coefficient (Wildman–Crippen LogP) is 0.398. The van der Waals surface area contributed by atoms with Crippen LogP contribution < -0.4 is 0 Å². The molecule has 3 heteroatoms. The highest BCUT2D eigenvalue weighted by atomic mass is 16.4. The van der Waals surface area contributed by atoms with Crippen molar-refractivity contribution in [2.75, 3.05) is 0 Å². The van der Waals surface area contributed by atoms with Crippen molar-refractivity contribution in [1.82, 2.24) is 0 Å². The Kier molecular flexibility index (Phi) is 2.40. The van der Waals surface area contributed by atoms with Gasteiger partial charge in [0, 0.05) is 0 Å². The summed E-state index contributed by atoms with van der Waals surface area (Å²) in [5.74, 6) is -1.03. The molecule has 0 aromatic carbocycles. The zero-order valence-corrected chi connectivity index (χ0v) is 5.29. The lowest BCUT2D eigenvalue weighted by Gasteiger charge is -2.13. The van der Waals surface area contributed by atoms with Gasteiger partial charge < -0.3 is 10.2 Å². The van der Waals surface area contributed by atoms with Crippen LogP contribution in [-0.2, 0) is 4.79 Å². The van der Waals surface area contributed by atoms with Gasteiger partial charge in [-0.25, -0.2) is 0 Å². The molecule has 0 radical (unpaired) electrons. The summed E-state index contributed by atoms with van der Waals surface area (Å²) in [6, 6.07) is 0. The molecular weight excluding hydrogens is 120 g/mol. The van der Waals surface area contributed by atoms with Gasteiger partial charge in [0.25, 0.3) is 0 Å². The summed E-state index contributed by atoms with van der Waals surface area (Å²) < 4.78 is 0. The second-order valence-corrected chi connectivity index (χ2v) is 2.13. The zero-order chi connectivity index (χ0) is 7.49. The molecule has 0 aliphatic rings. The average molecular weight is 130 g/mol. The molecule has 0 aliphatic carbocycles. The summed E-state index contributed by atoms with van der Waals surface area (Å²) in [6.45, 7) is 4.67. The maximum Gasteiger partial charge on any atom is 0.306 e. The predicted molar refractivity (Wildman–Crippen MR) is 33.1 cm³/mol. The maximum atomic E-state index is 9.97. The number of rotatable bonds is 3. The number of hydrogen-bond acceptors (Lipinski definition) is 2. The van der Waals surface area contributed by atoms with E-state index in [2.05, 4.69) is 6.58 Å². The Morgan fingerprint density at radius 2 is 2.33 bits per heavy atom. The van der Waals surface area contributed by atoms with Crippen molar-refractivity contribution in [3.05, 3.63) is 12.7 Å². The minimum absolute atomic E-state index is 0.295. The van der Waals surface area contributed by atoms with Gasteiger partial charge in [-0.1, -0.05) is 6.08 Å². The Morgan fingerprint density at radius 1 is 1.89 bits per heavy atom. The van der Waals surface area contributed by atoms with Gasteiger partial charge in [-0.05, 0) is 6.92 Å². The van der Waals surface area contributed by atoms with Crippen LogP contribution in [0.1, 0.15) is 13.3 Å². The molecule has 0 heterocycles. The Hall–Kier alpha value is -0.830. The Labute approximate surface area is 53.6 Å². The van der Waals surface area contributed by atoms with Crippen LogP contribution in [0.15, 0.2) is 12.7 Å². The lowest BCUT2D eigenvalue weighted by atomic mass is 10.0. The van der Waals surface area contributed by atoms with E-state index in [0.717, 1.165) is 0 Å². The van der Waals surface area contributed by atoms with Crippen LogP contribution in [-0.4, -0.2) is 21.8 Å². The molecule has 0 fully saturated rings. The molecule has 0 bridgehead atoms. The maximum absolute atomic E-state index is 9.97. The van der Waals surface area contributed by atoms with Gasteiger partial charge in [-0.15, -0.1) is 6.58 Å². The summed E-state index contributed by atoms with van der Waals surface area (Å²) in [5, 5.41) is 17.2. The Bertz CT molecular complexity index is 126. The number of carboxylic acids is 1. The van der Waals surface area contributed by atoms with E-state index in [4.69, 9.17) is 10.2 Å². The van der Waals surface area contributed by atoms with Crippen LogP contribution in [0, 0.1) is 0 Å². The monoisotopic (exact) mass is 130 g/mol. The van der Waals surface area contributed by atoms with Crippen molar-refractivity contribution >= 4 is 5.97 Å². The van der Waals surface area contributed by atoms with Crippen molar-refractivity contribution in [1.29, 1.82) is 0 Å². The highest BCUT2D eigenvalue weighted by Crippen LogP contribution is 2.08. The van der Waals surface area contributed by atoms with Gasteiger partial charge in [-0.3, -0.25) is 4.79 Å². The fraction of sp³-hybridized carbons (Fsp3) is 0.500. The number of carboxylic acid groups (broad SMARTS) is 1. The first-order valence-electron chi connectivity index (χ1n) is 2.56. The smallest absolute Gasteiger partial charge is 0.306 e. The van der Waals surface area contributed by atoms with Crippen LogP contribution in [0.3, 0.4) is 0 Å². The summed E-state index contributed by atoms with van der Waals surface area (Å²) in [4.78, 5) is 9.97. The first-order valence-corrected chi connectivity index (χ1v) is 2.56.